The van der Waals surface area contributed by atoms with Gasteiger partial charge in [0.15, 0.2) is 0 Å². The van der Waals surface area contributed by atoms with E-state index in [0.29, 0.717) is 18.0 Å². The second kappa shape index (κ2) is 10.7. The third-order valence-corrected chi connectivity index (χ3v) is 10.5. The molecule has 0 saturated carbocycles. The summed E-state index contributed by atoms with van der Waals surface area (Å²) in [5.74, 6) is 0.486. The summed E-state index contributed by atoms with van der Waals surface area (Å²) in [5.41, 5.74) is 5.12. The van der Waals surface area contributed by atoms with Gasteiger partial charge < -0.3 is 4.90 Å². The molecule has 7 heteroatoms. The van der Waals surface area contributed by atoms with Gasteiger partial charge in [0, 0.05) is 43.6 Å². The molecule has 37 heavy (non-hydrogen) atoms. The largest absolute Gasteiger partial charge is 0.303 e. The van der Waals surface area contributed by atoms with E-state index < -0.39 is 10.0 Å². The van der Waals surface area contributed by atoms with Gasteiger partial charge >= 0.3 is 0 Å². The van der Waals surface area contributed by atoms with Crippen LogP contribution in [0.15, 0.2) is 40.9 Å². The Kier molecular flexibility index (Phi) is 7.68. The molecule has 1 aromatic carbocycles. The van der Waals surface area contributed by atoms with E-state index in [4.69, 9.17) is 5.10 Å². The van der Waals surface area contributed by atoms with Gasteiger partial charge in [-0.15, -0.1) is 0 Å². The lowest BCUT2D eigenvalue weighted by Crippen LogP contribution is -2.46. The Bertz CT molecular complexity index is 1220. The Hall–Kier alpha value is -1.96. The highest BCUT2D eigenvalue weighted by Crippen LogP contribution is 2.44. The van der Waals surface area contributed by atoms with E-state index in [0.717, 1.165) is 51.0 Å². The van der Waals surface area contributed by atoms with Gasteiger partial charge in [0.2, 0.25) is 10.0 Å². The summed E-state index contributed by atoms with van der Waals surface area (Å²) in [4.78, 5) is 3.01. The molecule has 2 aromatic rings. The number of fused-ring (bicyclic) bond motifs is 2. The summed E-state index contributed by atoms with van der Waals surface area (Å²) < 4.78 is 31.5. The zero-order valence-electron chi connectivity index (χ0n) is 23.1. The average Bonchev–Trinajstić information content (AvgIpc) is 3.29. The molecule has 0 amide bonds. The lowest BCUT2D eigenvalue weighted by atomic mass is 9.74. The monoisotopic (exact) mass is 524 g/mol. The summed E-state index contributed by atoms with van der Waals surface area (Å²) >= 11 is 0. The van der Waals surface area contributed by atoms with Crippen molar-refractivity contribution in [2.24, 2.45) is 5.92 Å². The fourth-order valence-corrected chi connectivity index (χ4v) is 7.77. The predicted octanol–water partition coefficient (Wildman–Crippen LogP) is 5.66. The smallest absolute Gasteiger partial charge is 0.243 e. The van der Waals surface area contributed by atoms with Crippen LogP contribution in [0, 0.1) is 5.92 Å². The number of rotatable bonds is 7. The maximum Gasteiger partial charge on any atom is 0.243 e. The van der Waals surface area contributed by atoms with Crippen molar-refractivity contribution in [1.29, 1.82) is 0 Å². The molecule has 0 N–H and O–H groups in total. The van der Waals surface area contributed by atoms with Crippen molar-refractivity contribution >= 4 is 16.1 Å². The van der Waals surface area contributed by atoms with Crippen LogP contribution >= 0.6 is 0 Å². The van der Waals surface area contributed by atoms with Gasteiger partial charge in [-0.1, -0.05) is 58.2 Å². The molecule has 1 aromatic heterocycles. The van der Waals surface area contributed by atoms with Crippen LogP contribution in [0.25, 0.3) is 6.08 Å². The third-order valence-electron chi connectivity index (χ3n) is 8.63. The highest BCUT2D eigenvalue weighted by molar-refractivity contribution is 7.89. The third kappa shape index (κ3) is 5.45. The molecule has 2 fully saturated rings. The number of piperidine rings is 2. The number of likely N-dealkylation sites (tertiary alicyclic amines) is 1. The fourth-order valence-electron chi connectivity index (χ4n) is 6.30. The maximum absolute atomic E-state index is 13.8. The van der Waals surface area contributed by atoms with Crippen molar-refractivity contribution in [3.63, 3.8) is 0 Å². The zero-order chi connectivity index (χ0) is 26.2. The molecule has 0 radical (unpaired) electrons. The summed E-state index contributed by atoms with van der Waals surface area (Å²) in [5, 5.41) is 4.80. The topological polar surface area (TPSA) is 58.4 Å². The first-order valence-electron chi connectivity index (χ1n) is 14.3. The van der Waals surface area contributed by atoms with E-state index in [1.807, 2.05) is 12.1 Å². The van der Waals surface area contributed by atoms with Crippen LogP contribution in [-0.4, -0.2) is 60.1 Å². The number of benzene rings is 1. The van der Waals surface area contributed by atoms with Crippen LogP contribution in [0.5, 0.6) is 0 Å². The molecular formula is C30H44N4O2S. The zero-order valence-corrected chi connectivity index (χ0v) is 23.9. The number of aromatic nitrogens is 2. The fraction of sp³-hybridized carbons (Fsp3) is 0.633. The molecule has 2 aliphatic heterocycles. The van der Waals surface area contributed by atoms with E-state index in [1.165, 1.54) is 36.1 Å². The van der Waals surface area contributed by atoms with Crippen molar-refractivity contribution in [1.82, 2.24) is 19.0 Å². The van der Waals surface area contributed by atoms with E-state index in [1.54, 1.807) is 16.4 Å². The molecule has 2 atom stereocenters. The van der Waals surface area contributed by atoms with Crippen molar-refractivity contribution in [2.45, 2.75) is 89.0 Å². The van der Waals surface area contributed by atoms with Crippen LogP contribution in [0.4, 0.5) is 0 Å². The van der Waals surface area contributed by atoms with Crippen molar-refractivity contribution in [3.05, 3.63) is 52.9 Å². The van der Waals surface area contributed by atoms with Gasteiger partial charge in [-0.3, -0.25) is 4.68 Å². The number of sulfonamides is 1. The SMILES string of the molecule is CCCCn1ncc2c1C=C1CCN(S(=O)(=O)c3ccc(C(C)(C)C)cc3)CC1[C@@H]2CN1CCCCC1. The minimum absolute atomic E-state index is 0.00381. The molecule has 0 bridgehead atoms. The number of nitrogens with zero attached hydrogens (tertiary/aromatic N) is 4. The van der Waals surface area contributed by atoms with Gasteiger partial charge in [-0.2, -0.15) is 9.40 Å². The first-order chi connectivity index (χ1) is 17.7. The minimum Gasteiger partial charge on any atom is -0.303 e. The predicted molar refractivity (Wildman–Crippen MR) is 150 cm³/mol. The van der Waals surface area contributed by atoms with Gasteiger partial charge in [0.1, 0.15) is 0 Å². The Labute approximate surface area is 223 Å². The number of aryl methyl sites for hydroxylation is 1. The van der Waals surface area contributed by atoms with Crippen molar-refractivity contribution < 1.29 is 8.42 Å². The number of unbranched alkanes of at least 4 members (excludes halogenated alkanes) is 1. The molecule has 0 spiro atoms. The lowest BCUT2D eigenvalue weighted by molar-refractivity contribution is 0.185. The molecule has 202 valence electrons. The molecule has 2 saturated heterocycles. The summed E-state index contributed by atoms with van der Waals surface area (Å²) in [6.07, 6.45) is 11.3. The molecule has 3 heterocycles. The summed E-state index contributed by atoms with van der Waals surface area (Å²) in [7, 11) is -3.54. The number of hydrogen-bond acceptors (Lipinski definition) is 4. The Balaban J connectivity index is 1.43. The molecular weight excluding hydrogens is 480 g/mol. The van der Waals surface area contributed by atoms with Gasteiger partial charge in [-0.25, -0.2) is 8.42 Å². The van der Waals surface area contributed by atoms with Crippen LogP contribution in [0.2, 0.25) is 0 Å². The van der Waals surface area contributed by atoms with Crippen LogP contribution in [0.3, 0.4) is 0 Å². The first kappa shape index (κ1) is 26.6. The van der Waals surface area contributed by atoms with Crippen LogP contribution in [-0.2, 0) is 22.0 Å². The molecule has 1 aliphatic carbocycles. The van der Waals surface area contributed by atoms with Crippen LogP contribution < -0.4 is 0 Å². The maximum atomic E-state index is 13.8. The standard InChI is InChI=1S/C30H44N4O2S/c1-5-6-17-34-29-19-23-14-18-33(37(35,36)25-12-10-24(11-13-25)30(2,3)4)22-27(23)28(26(29)20-31-34)21-32-15-8-7-9-16-32/h10-13,19-20,27-28H,5-9,14-18,21-22H2,1-4H3/t27?,28-/m1/s1. The van der Waals surface area contributed by atoms with Gasteiger partial charge in [0.25, 0.3) is 0 Å². The Morgan fingerprint density at radius 3 is 2.43 bits per heavy atom. The average molecular weight is 525 g/mol. The van der Waals surface area contributed by atoms with Crippen molar-refractivity contribution in [3.8, 4) is 0 Å². The summed E-state index contributed by atoms with van der Waals surface area (Å²) in [6, 6.07) is 7.53. The molecule has 5 rings (SSSR count). The van der Waals surface area contributed by atoms with E-state index in [2.05, 4.69) is 49.5 Å². The van der Waals surface area contributed by atoms with Gasteiger partial charge in [-0.05, 0) is 68.0 Å². The van der Waals surface area contributed by atoms with Crippen LogP contribution in [0.1, 0.15) is 89.0 Å². The van der Waals surface area contributed by atoms with Gasteiger partial charge in [0.05, 0.1) is 16.8 Å². The number of hydrogen-bond donors (Lipinski definition) is 0. The molecule has 1 unspecified atom stereocenters. The second-order valence-corrected chi connectivity index (χ2v) is 14.2. The van der Waals surface area contributed by atoms with E-state index in [-0.39, 0.29) is 17.3 Å². The highest BCUT2D eigenvalue weighted by Gasteiger charge is 2.41. The Morgan fingerprint density at radius 2 is 1.76 bits per heavy atom. The molecule has 6 nitrogen and oxygen atoms in total. The van der Waals surface area contributed by atoms with E-state index in [9.17, 15) is 8.42 Å². The quantitative estimate of drug-likeness (QED) is 0.469. The highest BCUT2D eigenvalue weighted by atomic mass is 32.2. The summed E-state index contributed by atoms with van der Waals surface area (Å²) in [6.45, 7) is 14.0. The van der Waals surface area contributed by atoms with E-state index >= 15 is 0 Å². The second-order valence-electron chi connectivity index (χ2n) is 12.2. The van der Waals surface area contributed by atoms with Crippen molar-refractivity contribution in [2.75, 3.05) is 32.7 Å². The molecule has 3 aliphatic rings. The lowest BCUT2D eigenvalue weighted by Gasteiger charge is -2.42. The first-order valence-corrected chi connectivity index (χ1v) is 15.7. The normalized spacial score (nSPS) is 23.4. The minimum atomic E-state index is -3.54. The Morgan fingerprint density at radius 1 is 1.03 bits per heavy atom.